The molecule has 0 aliphatic carbocycles. The number of aliphatic hydroxyl groups excluding tert-OH is 1. The average molecular weight is 254 g/mol. The van der Waals surface area contributed by atoms with Crippen molar-refractivity contribution in [3.05, 3.63) is 47.9 Å². The van der Waals surface area contributed by atoms with E-state index < -0.39 is 11.9 Å². The van der Waals surface area contributed by atoms with E-state index in [-0.39, 0.29) is 12.3 Å². The van der Waals surface area contributed by atoms with Gasteiger partial charge in [-0.2, -0.15) is 13.2 Å². The van der Waals surface area contributed by atoms with E-state index in [2.05, 4.69) is 9.97 Å². The summed E-state index contributed by atoms with van der Waals surface area (Å²) in [6.07, 6.45) is -1.59. The highest BCUT2D eigenvalue weighted by Gasteiger charge is 2.33. The molecule has 0 saturated carbocycles. The fourth-order valence-corrected chi connectivity index (χ4v) is 1.53. The molecule has 6 heteroatoms. The normalized spacial score (nSPS) is 11.6. The first-order valence-electron chi connectivity index (χ1n) is 5.11. The number of pyridine rings is 2. The molecule has 0 amide bonds. The lowest BCUT2D eigenvalue weighted by atomic mass is 10.1. The quantitative estimate of drug-likeness (QED) is 0.896. The molecule has 0 saturated heterocycles. The van der Waals surface area contributed by atoms with Gasteiger partial charge in [0.25, 0.3) is 0 Å². The predicted octanol–water partition coefficient (Wildman–Crippen LogP) is 2.65. The number of hydrogen-bond acceptors (Lipinski definition) is 3. The van der Waals surface area contributed by atoms with Crippen LogP contribution in [-0.4, -0.2) is 15.1 Å². The first-order valence-corrected chi connectivity index (χ1v) is 5.11. The van der Waals surface area contributed by atoms with Crippen LogP contribution in [0, 0.1) is 0 Å². The van der Waals surface area contributed by atoms with Gasteiger partial charge in [-0.3, -0.25) is 4.98 Å². The number of aromatic nitrogens is 2. The molecule has 0 atom stereocenters. The Morgan fingerprint density at radius 2 is 1.72 bits per heavy atom. The molecule has 18 heavy (non-hydrogen) atoms. The summed E-state index contributed by atoms with van der Waals surface area (Å²) in [4.78, 5) is 7.36. The molecule has 0 aliphatic rings. The van der Waals surface area contributed by atoms with Gasteiger partial charge >= 0.3 is 6.18 Å². The van der Waals surface area contributed by atoms with Gasteiger partial charge in [-0.05, 0) is 18.2 Å². The van der Waals surface area contributed by atoms with E-state index in [9.17, 15) is 13.2 Å². The predicted molar refractivity (Wildman–Crippen MR) is 58.4 cm³/mol. The third kappa shape index (κ3) is 2.48. The summed E-state index contributed by atoms with van der Waals surface area (Å²) in [5, 5.41) is 9.14. The first-order chi connectivity index (χ1) is 8.52. The highest BCUT2D eigenvalue weighted by molar-refractivity contribution is 5.62. The molecule has 0 spiro atoms. The standard InChI is InChI=1S/C12H9F3N2O/c13-12(14,15)10-2-1-9(7-18)11(17-10)8-3-5-16-6-4-8/h1-6,18H,7H2. The molecule has 2 heterocycles. The summed E-state index contributed by atoms with van der Waals surface area (Å²) in [5.74, 6) is 0. The van der Waals surface area contributed by atoms with E-state index in [1.807, 2.05) is 0 Å². The molecule has 0 aliphatic heterocycles. The van der Waals surface area contributed by atoms with Crippen LogP contribution >= 0.6 is 0 Å². The van der Waals surface area contributed by atoms with Crippen LogP contribution in [0.5, 0.6) is 0 Å². The molecule has 2 aromatic rings. The van der Waals surface area contributed by atoms with Crippen molar-refractivity contribution in [2.75, 3.05) is 0 Å². The lowest BCUT2D eigenvalue weighted by molar-refractivity contribution is -0.141. The smallest absolute Gasteiger partial charge is 0.392 e. The van der Waals surface area contributed by atoms with Crippen molar-refractivity contribution in [2.24, 2.45) is 0 Å². The number of nitrogens with zero attached hydrogens (tertiary/aromatic N) is 2. The van der Waals surface area contributed by atoms with E-state index in [4.69, 9.17) is 5.11 Å². The van der Waals surface area contributed by atoms with Crippen LogP contribution in [0.1, 0.15) is 11.3 Å². The minimum absolute atomic E-state index is 0.120. The summed E-state index contributed by atoms with van der Waals surface area (Å²) in [6, 6.07) is 5.17. The molecule has 1 N–H and O–H groups in total. The number of aliphatic hydroxyl groups is 1. The lowest BCUT2D eigenvalue weighted by Crippen LogP contribution is -2.09. The van der Waals surface area contributed by atoms with Gasteiger partial charge in [0.05, 0.1) is 12.3 Å². The Balaban J connectivity index is 2.57. The van der Waals surface area contributed by atoms with Gasteiger partial charge in [-0.25, -0.2) is 4.98 Å². The number of halogens is 3. The Morgan fingerprint density at radius 1 is 1.06 bits per heavy atom. The van der Waals surface area contributed by atoms with Crippen LogP contribution in [0.3, 0.4) is 0 Å². The SMILES string of the molecule is OCc1ccc(C(F)(F)F)nc1-c1ccncc1. The maximum atomic E-state index is 12.6. The minimum Gasteiger partial charge on any atom is -0.392 e. The van der Waals surface area contributed by atoms with Crippen molar-refractivity contribution in [2.45, 2.75) is 12.8 Å². The monoisotopic (exact) mass is 254 g/mol. The van der Waals surface area contributed by atoms with Crippen LogP contribution in [0.2, 0.25) is 0 Å². The molecule has 0 fully saturated rings. The van der Waals surface area contributed by atoms with Crippen LogP contribution < -0.4 is 0 Å². The maximum Gasteiger partial charge on any atom is 0.433 e. The highest BCUT2D eigenvalue weighted by atomic mass is 19.4. The van der Waals surface area contributed by atoms with E-state index in [1.165, 1.54) is 18.5 Å². The third-order valence-corrected chi connectivity index (χ3v) is 2.39. The van der Waals surface area contributed by atoms with Crippen LogP contribution in [0.25, 0.3) is 11.3 Å². The molecule has 3 nitrogen and oxygen atoms in total. The van der Waals surface area contributed by atoms with Gasteiger partial charge in [-0.15, -0.1) is 0 Å². The maximum absolute atomic E-state index is 12.6. The molecule has 94 valence electrons. The Morgan fingerprint density at radius 3 is 2.28 bits per heavy atom. The fraction of sp³-hybridized carbons (Fsp3) is 0.167. The van der Waals surface area contributed by atoms with E-state index in [0.29, 0.717) is 11.1 Å². The average Bonchev–Trinajstić information content (AvgIpc) is 2.38. The second kappa shape index (κ2) is 4.73. The van der Waals surface area contributed by atoms with Gasteiger partial charge in [0.2, 0.25) is 0 Å². The van der Waals surface area contributed by atoms with Gasteiger partial charge in [-0.1, -0.05) is 6.07 Å². The molecular weight excluding hydrogens is 245 g/mol. The zero-order chi connectivity index (χ0) is 13.2. The fourth-order valence-electron chi connectivity index (χ4n) is 1.53. The van der Waals surface area contributed by atoms with E-state index in [1.54, 1.807) is 12.1 Å². The second-order valence-electron chi connectivity index (χ2n) is 3.60. The summed E-state index contributed by atoms with van der Waals surface area (Å²) in [5.41, 5.74) is -0.0319. The van der Waals surface area contributed by atoms with Crippen molar-refractivity contribution >= 4 is 0 Å². The van der Waals surface area contributed by atoms with Crippen molar-refractivity contribution in [1.29, 1.82) is 0 Å². The minimum atomic E-state index is -4.50. The largest absolute Gasteiger partial charge is 0.433 e. The summed E-state index contributed by atoms with van der Waals surface area (Å²) in [6.45, 7) is -0.372. The van der Waals surface area contributed by atoms with Crippen LogP contribution in [-0.2, 0) is 12.8 Å². The molecule has 0 aromatic carbocycles. The molecule has 2 rings (SSSR count). The van der Waals surface area contributed by atoms with Crippen molar-refractivity contribution < 1.29 is 18.3 Å². The summed E-state index contributed by atoms with van der Waals surface area (Å²) in [7, 11) is 0. The Labute approximate surface area is 101 Å². The lowest BCUT2D eigenvalue weighted by Gasteiger charge is -2.11. The van der Waals surface area contributed by atoms with Crippen molar-refractivity contribution in [1.82, 2.24) is 9.97 Å². The van der Waals surface area contributed by atoms with Gasteiger partial charge in [0.1, 0.15) is 5.69 Å². The van der Waals surface area contributed by atoms with Crippen LogP contribution in [0.15, 0.2) is 36.7 Å². The van der Waals surface area contributed by atoms with Gasteiger partial charge in [0.15, 0.2) is 0 Å². The molecule has 0 radical (unpaired) electrons. The molecular formula is C12H9F3N2O. The zero-order valence-corrected chi connectivity index (χ0v) is 9.15. The molecule has 2 aromatic heterocycles. The van der Waals surface area contributed by atoms with E-state index >= 15 is 0 Å². The molecule has 0 unspecified atom stereocenters. The van der Waals surface area contributed by atoms with Gasteiger partial charge in [0, 0.05) is 23.5 Å². The highest BCUT2D eigenvalue weighted by Crippen LogP contribution is 2.31. The third-order valence-electron chi connectivity index (χ3n) is 2.39. The van der Waals surface area contributed by atoms with Gasteiger partial charge < -0.3 is 5.11 Å². The Bertz CT molecular complexity index is 541. The Hall–Kier alpha value is -1.95. The summed E-state index contributed by atoms with van der Waals surface area (Å²) >= 11 is 0. The number of hydrogen-bond donors (Lipinski definition) is 1. The van der Waals surface area contributed by atoms with E-state index in [0.717, 1.165) is 6.07 Å². The Kier molecular flexibility index (Phi) is 3.29. The molecule has 0 bridgehead atoms. The number of alkyl halides is 3. The second-order valence-corrected chi connectivity index (χ2v) is 3.60. The topological polar surface area (TPSA) is 46.0 Å². The number of rotatable bonds is 2. The van der Waals surface area contributed by atoms with Crippen molar-refractivity contribution in [3.8, 4) is 11.3 Å². The zero-order valence-electron chi connectivity index (χ0n) is 9.15. The first kappa shape index (κ1) is 12.5. The van der Waals surface area contributed by atoms with Crippen molar-refractivity contribution in [3.63, 3.8) is 0 Å². The summed E-state index contributed by atoms with van der Waals surface area (Å²) < 4.78 is 37.7. The van der Waals surface area contributed by atoms with Crippen LogP contribution in [0.4, 0.5) is 13.2 Å².